The minimum Gasteiger partial charge on any atom is -0.465 e. The van der Waals surface area contributed by atoms with E-state index in [4.69, 9.17) is 17.0 Å². The highest BCUT2D eigenvalue weighted by molar-refractivity contribution is 7.80. The lowest BCUT2D eigenvalue weighted by Crippen LogP contribution is -2.54. The van der Waals surface area contributed by atoms with Gasteiger partial charge in [-0.15, -0.1) is 11.3 Å². The zero-order chi connectivity index (χ0) is 21.3. The van der Waals surface area contributed by atoms with E-state index in [9.17, 15) is 4.79 Å². The van der Waals surface area contributed by atoms with Crippen LogP contribution in [0.1, 0.15) is 46.1 Å². The van der Waals surface area contributed by atoms with E-state index in [0.29, 0.717) is 16.7 Å². The van der Waals surface area contributed by atoms with Crippen LogP contribution in [-0.2, 0) is 17.6 Å². The summed E-state index contributed by atoms with van der Waals surface area (Å²) >= 11 is 7.42. The topological polar surface area (TPSA) is 44.8 Å². The molecule has 1 fully saturated rings. The standard InChI is InChI=1S/C23H29N3O2S2/c1-15-8-10-17(11-9-15)26-13-12-25(14-16(26)2)23(29)24-21-20(22(27)28-3)18-6-4-5-7-19(18)30-21/h8-11,16H,4-7,12-14H2,1-3H3,(H,24,29). The van der Waals surface area contributed by atoms with Crippen LogP contribution in [0.3, 0.4) is 0 Å². The summed E-state index contributed by atoms with van der Waals surface area (Å²) in [4.78, 5) is 18.4. The monoisotopic (exact) mass is 443 g/mol. The third-order valence-electron chi connectivity index (χ3n) is 6.06. The molecule has 1 unspecified atom stereocenters. The van der Waals surface area contributed by atoms with Crippen molar-refractivity contribution < 1.29 is 9.53 Å². The van der Waals surface area contributed by atoms with Gasteiger partial charge in [-0.25, -0.2) is 4.79 Å². The third-order valence-corrected chi connectivity index (χ3v) is 7.63. The van der Waals surface area contributed by atoms with Crippen LogP contribution in [0.2, 0.25) is 0 Å². The molecule has 0 spiro atoms. The number of anilines is 2. The van der Waals surface area contributed by atoms with Crippen molar-refractivity contribution in [2.24, 2.45) is 0 Å². The normalized spacial score (nSPS) is 18.7. The molecule has 0 amide bonds. The van der Waals surface area contributed by atoms with Gasteiger partial charge < -0.3 is 19.9 Å². The van der Waals surface area contributed by atoms with Gasteiger partial charge in [0.2, 0.25) is 0 Å². The van der Waals surface area contributed by atoms with Gasteiger partial charge in [-0.3, -0.25) is 0 Å². The average Bonchev–Trinajstić information content (AvgIpc) is 3.11. The Morgan fingerprint density at radius 1 is 1.20 bits per heavy atom. The average molecular weight is 444 g/mol. The first kappa shape index (κ1) is 21.1. The predicted octanol–water partition coefficient (Wildman–Crippen LogP) is 4.63. The van der Waals surface area contributed by atoms with Crippen molar-refractivity contribution in [3.8, 4) is 0 Å². The number of thiocarbonyl (C=S) groups is 1. The molecule has 1 aromatic heterocycles. The first-order chi connectivity index (χ1) is 14.5. The highest BCUT2D eigenvalue weighted by Crippen LogP contribution is 2.38. The van der Waals surface area contributed by atoms with Gasteiger partial charge in [-0.1, -0.05) is 17.7 Å². The van der Waals surface area contributed by atoms with Gasteiger partial charge >= 0.3 is 5.97 Å². The highest BCUT2D eigenvalue weighted by Gasteiger charge is 2.29. The molecular weight excluding hydrogens is 414 g/mol. The molecule has 5 nitrogen and oxygen atoms in total. The third kappa shape index (κ3) is 4.18. The van der Waals surface area contributed by atoms with E-state index < -0.39 is 0 Å². The van der Waals surface area contributed by atoms with E-state index in [0.717, 1.165) is 49.5 Å². The number of methoxy groups -OCH3 is 1. The van der Waals surface area contributed by atoms with Crippen LogP contribution in [0, 0.1) is 6.92 Å². The Balaban J connectivity index is 1.47. The van der Waals surface area contributed by atoms with Gasteiger partial charge in [0.1, 0.15) is 5.00 Å². The number of carbonyl (C=O) groups excluding carboxylic acids is 1. The summed E-state index contributed by atoms with van der Waals surface area (Å²) in [6, 6.07) is 9.05. The van der Waals surface area contributed by atoms with Gasteiger partial charge in [0.05, 0.1) is 12.7 Å². The maximum absolute atomic E-state index is 12.5. The number of piperazine rings is 1. The van der Waals surface area contributed by atoms with E-state index in [1.165, 1.54) is 29.7 Å². The zero-order valence-corrected chi connectivity index (χ0v) is 19.5. The molecule has 2 aromatic rings. The second-order valence-electron chi connectivity index (χ2n) is 8.16. The summed E-state index contributed by atoms with van der Waals surface area (Å²) < 4.78 is 5.08. The summed E-state index contributed by atoms with van der Waals surface area (Å²) in [6.45, 7) is 6.95. The maximum atomic E-state index is 12.5. The largest absolute Gasteiger partial charge is 0.465 e. The lowest BCUT2D eigenvalue weighted by Gasteiger charge is -2.42. The van der Waals surface area contributed by atoms with E-state index in [2.05, 4.69) is 53.2 Å². The number of esters is 1. The number of nitrogens with one attached hydrogen (secondary N) is 1. The molecule has 1 N–H and O–H groups in total. The molecule has 4 rings (SSSR count). The lowest BCUT2D eigenvalue weighted by atomic mass is 9.95. The van der Waals surface area contributed by atoms with Gasteiger partial charge in [-0.05, 0) is 69.4 Å². The number of hydrogen-bond donors (Lipinski definition) is 1. The summed E-state index contributed by atoms with van der Waals surface area (Å²) in [7, 11) is 1.45. The Morgan fingerprint density at radius 3 is 2.63 bits per heavy atom. The van der Waals surface area contributed by atoms with Gasteiger partial charge in [-0.2, -0.15) is 0 Å². The summed E-state index contributed by atoms with van der Waals surface area (Å²) in [5.41, 5.74) is 4.37. The Hall–Kier alpha value is -2.12. The fourth-order valence-electron chi connectivity index (χ4n) is 4.41. The van der Waals surface area contributed by atoms with Crippen LogP contribution in [0.15, 0.2) is 24.3 Å². The molecule has 0 saturated carbocycles. The molecule has 1 aromatic carbocycles. The predicted molar refractivity (Wildman–Crippen MR) is 128 cm³/mol. The number of aryl methyl sites for hydroxylation is 2. The molecule has 160 valence electrons. The molecular formula is C23H29N3O2S2. The van der Waals surface area contributed by atoms with Crippen LogP contribution in [0.4, 0.5) is 10.7 Å². The SMILES string of the molecule is COC(=O)c1c(NC(=S)N2CCN(c3ccc(C)cc3)C(C)C2)sc2c1CCCC2. The van der Waals surface area contributed by atoms with E-state index in [1.807, 2.05) is 0 Å². The maximum Gasteiger partial charge on any atom is 0.341 e. The summed E-state index contributed by atoms with van der Waals surface area (Å²) in [6.07, 6.45) is 4.27. The zero-order valence-electron chi connectivity index (χ0n) is 17.9. The Kier molecular flexibility index (Phi) is 6.29. The second kappa shape index (κ2) is 8.94. The van der Waals surface area contributed by atoms with Crippen molar-refractivity contribution in [3.05, 3.63) is 45.8 Å². The Labute approximate surface area is 188 Å². The first-order valence-electron chi connectivity index (χ1n) is 10.6. The number of nitrogens with zero attached hydrogens (tertiary/aromatic N) is 2. The van der Waals surface area contributed by atoms with Crippen LogP contribution in [0.5, 0.6) is 0 Å². The molecule has 0 bridgehead atoms. The number of ether oxygens (including phenoxy) is 1. The molecule has 1 aliphatic heterocycles. The highest BCUT2D eigenvalue weighted by atomic mass is 32.1. The minimum atomic E-state index is -0.266. The first-order valence-corrected chi connectivity index (χ1v) is 11.8. The second-order valence-corrected chi connectivity index (χ2v) is 9.65. The number of hydrogen-bond acceptors (Lipinski definition) is 5. The van der Waals surface area contributed by atoms with E-state index in [1.54, 1.807) is 11.3 Å². The Bertz CT molecular complexity index is 939. The number of fused-ring (bicyclic) bond motifs is 1. The fraction of sp³-hybridized carbons (Fsp3) is 0.478. The molecule has 1 saturated heterocycles. The molecule has 1 atom stereocenters. The van der Waals surface area contributed by atoms with Crippen molar-refractivity contribution in [1.82, 2.24) is 4.90 Å². The van der Waals surface area contributed by atoms with Crippen LogP contribution in [0.25, 0.3) is 0 Å². The fourth-order valence-corrected chi connectivity index (χ4v) is 6.02. The number of rotatable bonds is 3. The molecule has 30 heavy (non-hydrogen) atoms. The molecule has 2 aliphatic rings. The quantitative estimate of drug-likeness (QED) is 0.551. The van der Waals surface area contributed by atoms with Crippen molar-refractivity contribution >= 4 is 45.3 Å². The number of benzene rings is 1. The van der Waals surface area contributed by atoms with Crippen molar-refractivity contribution in [2.45, 2.75) is 45.6 Å². The van der Waals surface area contributed by atoms with Crippen molar-refractivity contribution in [1.29, 1.82) is 0 Å². The summed E-state index contributed by atoms with van der Waals surface area (Å²) in [5.74, 6) is -0.266. The summed E-state index contributed by atoms with van der Waals surface area (Å²) in [5, 5.41) is 4.92. The Morgan fingerprint density at radius 2 is 1.93 bits per heavy atom. The molecule has 1 aliphatic carbocycles. The molecule has 2 heterocycles. The molecule has 0 radical (unpaired) electrons. The van der Waals surface area contributed by atoms with Gasteiger partial charge in [0.15, 0.2) is 5.11 Å². The van der Waals surface area contributed by atoms with Crippen LogP contribution in [-0.4, -0.2) is 48.8 Å². The van der Waals surface area contributed by atoms with Gasteiger partial charge in [0.25, 0.3) is 0 Å². The molecule has 7 heteroatoms. The van der Waals surface area contributed by atoms with E-state index >= 15 is 0 Å². The van der Waals surface area contributed by atoms with Crippen molar-refractivity contribution in [3.63, 3.8) is 0 Å². The van der Waals surface area contributed by atoms with Crippen LogP contribution < -0.4 is 10.2 Å². The van der Waals surface area contributed by atoms with Crippen LogP contribution >= 0.6 is 23.6 Å². The number of thiophene rings is 1. The van der Waals surface area contributed by atoms with Crippen molar-refractivity contribution in [2.75, 3.05) is 37.0 Å². The lowest BCUT2D eigenvalue weighted by molar-refractivity contribution is 0.0601. The minimum absolute atomic E-state index is 0.266. The smallest absolute Gasteiger partial charge is 0.341 e. The van der Waals surface area contributed by atoms with E-state index in [-0.39, 0.29) is 5.97 Å². The van der Waals surface area contributed by atoms with Gasteiger partial charge in [0, 0.05) is 36.2 Å². The number of carbonyl (C=O) groups is 1.